The molecule has 0 spiro atoms. The van der Waals surface area contributed by atoms with Crippen LogP contribution in [-0.2, 0) is 27.5 Å². The van der Waals surface area contributed by atoms with Crippen molar-refractivity contribution < 1.29 is 27.5 Å². The summed E-state index contributed by atoms with van der Waals surface area (Å²) < 4.78 is 3.79. The number of Topliss-reactive ketones (excluding diaryl/α,β-unsaturated/α-hetero) is 1. The van der Waals surface area contributed by atoms with Gasteiger partial charge < -0.3 is 0 Å². The summed E-state index contributed by atoms with van der Waals surface area (Å²) in [6, 6.07) is 40.6. The van der Waals surface area contributed by atoms with Crippen molar-refractivity contribution in [2.75, 3.05) is 0 Å². The first-order valence-corrected chi connectivity index (χ1v) is 23.3. The van der Waals surface area contributed by atoms with Gasteiger partial charge >= 0.3 is 297 Å². The number of ketones is 1. The van der Waals surface area contributed by atoms with E-state index >= 15 is 0 Å². The van der Waals surface area contributed by atoms with Crippen molar-refractivity contribution in [3.05, 3.63) is 186 Å². The Hall–Kier alpha value is -4.95. The molecule has 5 aromatic rings. The van der Waals surface area contributed by atoms with Crippen LogP contribution in [0.1, 0.15) is 59.0 Å². The molecule has 2 aromatic heterocycles. The standard InChI is InChI=1S/C49H37NO2PS2.Os/c1-4-16-40-27-29-44(54-40)42-32-43(51)47-46(42)49(52)50-48(47)45-30-28-41(55-45)26-25-35(31-36-18-15-17-34(36)5-2)33(3)53(37-19-9-6-10-20-37,38-21-11-7-12-22-38)39-23-13-8-14-24-39;/h4-14,16,19-24,27-31H,15,17-18,32H2,1-2H3;/p+1/b16-4+,34-5?,35-33?,36-31?;. The molecule has 1 amide bonds. The maximum atomic E-state index is 13.5. The summed E-state index contributed by atoms with van der Waals surface area (Å²) in [5, 5.41) is 7.91. The van der Waals surface area contributed by atoms with E-state index < -0.39 is 7.26 Å². The van der Waals surface area contributed by atoms with E-state index in [-0.39, 0.29) is 18.1 Å². The monoisotopic (exact) mass is 959 g/mol. The normalized spacial score (nSPS) is 17.4. The predicted octanol–water partition coefficient (Wildman–Crippen LogP) is 10.3. The average molecular weight is 958 g/mol. The second kappa shape index (κ2) is 16.6. The molecule has 1 aliphatic heterocycles. The number of allylic oxidation sites excluding steroid dienone is 8. The van der Waals surface area contributed by atoms with Crippen LogP contribution in [0.2, 0.25) is 0 Å². The van der Waals surface area contributed by atoms with Gasteiger partial charge in [0.15, 0.2) is 0 Å². The van der Waals surface area contributed by atoms with Gasteiger partial charge in [0.05, 0.1) is 0 Å². The summed E-state index contributed by atoms with van der Waals surface area (Å²) in [4.78, 5) is 30.8. The SMILES string of the molecule is CC=C1CCCC1=CC(C#Cc1ccc(C2=C3C(=O)CC(c4ccc(/C=C/C)s4)=C3C(=O)N2)s1)=C([C]#[Os])[P+](c1ccccc1)(c1ccccc1)c1ccccc1. The quantitative estimate of drug-likeness (QED) is 0.124. The number of amides is 1. The topological polar surface area (TPSA) is 46.2 Å². The summed E-state index contributed by atoms with van der Waals surface area (Å²) in [5.41, 5.74) is 6.07. The van der Waals surface area contributed by atoms with E-state index in [1.54, 1.807) is 29.3 Å². The van der Waals surface area contributed by atoms with Gasteiger partial charge in [-0.05, 0) is 25.1 Å². The van der Waals surface area contributed by atoms with Crippen molar-refractivity contribution in [2.24, 2.45) is 0 Å². The summed E-state index contributed by atoms with van der Waals surface area (Å²) in [7, 11) is -2.49. The molecule has 0 bridgehead atoms. The number of carbonyl (C=O) groups excluding carboxylic acids is 2. The van der Waals surface area contributed by atoms with Crippen LogP contribution >= 0.6 is 29.9 Å². The van der Waals surface area contributed by atoms with E-state index in [9.17, 15) is 9.59 Å². The third kappa shape index (κ3) is 7.01. The van der Waals surface area contributed by atoms with Crippen LogP contribution in [0.15, 0.2) is 167 Å². The van der Waals surface area contributed by atoms with Crippen LogP contribution in [0.5, 0.6) is 0 Å². The molecule has 3 heterocycles. The molecular formula is C49H38NO2OsPS2+. The third-order valence-corrected chi connectivity index (χ3v) is 17.9. The molecule has 7 heteroatoms. The molecule has 0 unspecified atom stereocenters. The fraction of sp³-hybridized carbons (Fsp3) is 0.122. The van der Waals surface area contributed by atoms with Crippen molar-refractivity contribution in [2.45, 2.75) is 39.5 Å². The molecule has 2 aliphatic carbocycles. The summed E-state index contributed by atoms with van der Waals surface area (Å²) in [6.45, 7) is 4.11. The Morgan fingerprint density at radius 3 is 1.98 bits per heavy atom. The molecular weight excluding hydrogens is 920 g/mol. The zero-order valence-electron chi connectivity index (χ0n) is 31.0. The number of carbonyl (C=O) groups is 2. The van der Waals surface area contributed by atoms with E-state index in [1.807, 2.05) is 43.3 Å². The summed E-state index contributed by atoms with van der Waals surface area (Å²) in [5.74, 6) is 7.02. The molecule has 0 atom stereocenters. The number of nitrogens with one attached hydrogen (secondary N) is 1. The van der Waals surface area contributed by atoms with Gasteiger partial charge in [0.1, 0.15) is 0 Å². The van der Waals surface area contributed by atoms with E-state index in [2.05, 4.69) is 132 Å². The van der Waals surface area contributed by atoms with Crippen molar-refractivity contribution in [1.82, 2.24) is 5.32 Å². The van der Waals surface area contributed by atoms with Gasteiger partial charge in [-0.25, -0.2) is 0 Å². The maximum absolute atomic E-state index is 13.5. The van der Waals surface area contributed by atoms with Gasteiger partial charge in [-0.1, -0.05) is 6.08 Å². The van der Waals surface area contributed by atoms with Crippen LogP contribution in [0.25, 0.3) is 17.3 Å². The van der Waals surface area contributed by atoms with E-state index in [0.717, 1.165) is 55.2 Å². The minimum absolute atomic E-state index is 0.0268. The molecule has 1 N–H and O–H groups in total. The molecule has 0 saturated heterocycles. The van der Waals surface area contributed by atoms with Gasteiger partial charge in [-0.3, -0.25) is 0 Å². The minimum atomic E-state index is -2.49. The molecule has 275 valence electrons. The second-order valence-electron chi connectivity index (χ2n) is 13.6. The molecule has 1 fully saturated rings. The van der Waals surface area contributed by atoms with Crippen molar-refractivity contribution in [1.29, 1.82) is 0 Å². The van der Waals surface area contributed by atoms with Crippen LogP contribution in [0.4, 0.5) is 0 Å². The molecule has 1 saturated carbocycles. The predicted molar refractivity (Wildman–Crippen MR) is 234 cm³/mol. The molecule has 3 aliphatic rings. The number of hydrogen-bond acceptors (Lipinski definition) is 4. The fourth-order valence-corrected chi connectivity index (χ4v) is 15.6. The molecule has 56 heavy (non-hydrogen) atoms. The Labute approximate surface area is 347 Å². The Morgan fingerprint density at radius 2 is 1.38 bits per heavy atom. The Kier molecular flexibility index (Phi) is 11.3. The Bertz CT molecular complexity index is 2580. The van der Waals surface area contributed by atoms with E-state index in [4.69, 9.17) is 0 Å². The molecule has 0 radical (unpaired) electrons. The molecule has 3 nitrogen and oxygen atoms in total. The van der Waals surface area contributed by atoms with Gasteiger partial charge in [0, 0.05) is 9.75 Å². The number of rotatable bonds is 8. The fourth-order valence-electron chi connectivity index (χ4n) is 7.91. The second-order valence-corrected chi connectivity index (χ2v) is 19.8. The summed E-state index contributed by atoms with van der Waals surface area (Å²) in [6.07, 6.45) is 12.0. The average Bonchev–Trinajstić information content (AvgIpc) is 4.09. The zero-order valence-corrected chi connectivity index (χ0v) is 36.1. The van der Waals surface area contributed by atoms with Gasteiger partial charge in [-0.2, -0.15) is 0 Å². The number of thiophene rings is 2. The summed E-state index contributed by atoms with van der Waals surface area (Å²) >= 11 is 4.87. The van der Waals surface area contributed by atoms with E-state index in [0.29, 0.717) is 16.8 Å². The zero-order chi connectivity index (χ0) is 38.6. The van der Waals surface area contributed by atoms with Crippen molar-refractivity contribution in [3.8, 4) is 16.2 Å². The van der Waals surface area contributed by atoms with Gasteiger partial charge in [0.25, 0.3) is 0 Å². The first-order chi connectivity index (χ1) is 27.5. The van der Waals surface area contributed by atoms with Gasteiger partial charge in [0.2, 0.25) is 0 Å². The van der Waals surface area contributed by atoms with Crippen LogP contribution < -0.4 is 21.2 Å². The van der Waals surface area contributed by atoms with Crippen LogP contribution in [0.3, 0.4) is 0 Å². The Morgan fingerprint density at radius 1 is 0.750 bits per heavy atom. The first kappa shape index (κ1) is 37.9. The van der Waals surface area contributed by atoms with Crippen molar-refractivity contribution >= 4 is 74.9 Å². The third-order valence-electron chi connectivity index (χ3n) is 10.4. The molecule has 3 aromatic carbocycles. The van der Waals surface area contributed by atoms with Crippen LogP contribution in [0, 0.1) is 16.2 Å². The number of hydrogen-bond donors (Lipinski definition) is 1. The number of fused-ring (bicyclic) bond motifs is 1. The van der Waals surface area contributed by atoms with E-state index in [1.165, 1.54) is 38.4 Å². The first-order valence-electron chi connectivity index (χ1n) is 18.7. The Balaban J connectivity index is 1.30. The van der Waals surface area contributed by atoms with Gasteiger partial charge in [-0.15, -0.1) is 11.3 Å². The van der Waals surface area contributed by atoms with Crippen LogP contribution in [-0.4, -0.2) is 11.7 Å². The van der Waals surface area contributed by atoms with Crippen molar-refractivity contribution in [3.63, 3.8) is 0 Å². The number of benzene rings is 3. The molecule has 8 rings (SSSR count).